The Morgan fingerprint density at radius 1 is 1.14 bits per heavy atom. The molecular weight excluding hydrogens is 211 g/mol. The van der Waals surface area contributed by atoms with Crippen LogP contribution in [-0.2, 0) is 10.1 Å². The zero-order chi connectivity index (χ0) is 9.90. The van der Waals surface area contributed by atoms with E-state index in [0.29, 0.717) is 5.75 Å². The molecule has 0 spiro atoms. The fraction of sp³-hybridized carbons (Fsp3) is 0.333. The summed E-state index contributed by atoms with van der Waals surface area (Å²) in [5.41, 5.74) is 0. The van der Waals surface area contributed by atoms with Crippen LogP contribution < -0.4 is 4.18 Å². The van der Waals surface area contributed by atoms with Gasteiger partial charge in [-0.1, -0.05) is 18.2 Å². The summed E-state index contributed by atoms with van der Waals surface area (Å²) in [6.07, 6.45) is 0. The molecule has 5 heteroatoms. The monoisotopic (exact) mass is 224 g/mol. The van der Waals surface area contributed by atoms with Crippen molar-refractivity contribution in [2.75, 3.05) is 0 Å². The Balaban J connectivity index is 0.00000169. The van der Waals surface area contributed by atoms with Crippen molar-refractivity contribution in [2.24, 2.45) is 0 Å². The van der Waals surface area contributed by atoms with Gasteiger partial charge in [0.05, 0.1) is 5.25 Å². The SMILES string of the molecule is CC(C)S(=O)(=O)Oc1ccccc1.[NaH]. The van der Waals surface area contributed by atoms with Crippen molar-refractivity contribution >= 4 is 39.7 Å². The molecule has 0 aromatic heterocycles. The van der Waals surface area contributed by atoms with Gasteiger partial charge in [0, 0.05) is 0 Å². The molecule has 3 nitrogen and oxygen atoms in total. The van der Waals surface area contributed by atoms with E-state index in [1.54, 1.807) is 44.2 Å². The predicted octanol–water partition coefficient (Wildman–Crippen LogP) is 1.16. The molecule has 0 aliphatic rings. The molecule has 1 aromatic rings. The van der Waals surface area contributed by atoms with Gasteiger partial charge in [-0.05, 0) is 26.0 Å². The van der Waals surface area contributed by atoms with Gasteiger partial charge in [-0.15, -0.1) is 0 Å². The molecule has 74 valence electrons. The Labute approximate surface area is 107 Å². The number of para-hydroxylation sites is 1. The van der Waals surface area contributed by atoms with Gasteiger partial charge in [0.2, 0.25) is 0 Å². The van der Waals surface area contributed by atoms with E-state index in [9.17, 15) is 8.42 Å². The minimum atomic E-state index is -3.45. The molecule has 0 amide bonds. The molecule has 0 N–H and O–H groups in total. The summed E-state index contributed by atoms with van der Waals surface area (Å²) < 4.78 is 27.4. The zero-order valence-electron chi connectivity index (χ0n) is 7.60. The van der Waals surface area contributed by atoms with Gasteiger partial charge in [-0.25, -0.2) is 0 Å². The van der Waals surface area contributed by atoms with Crippen LogP contribution in [0.15, 0.2) is 30.3 Å². The van der Waals surface area contributed by atoms with E-state index in [-0.39, 0.29) is 29.6 Å². The Morgan fingerprint density at radius 2 is 1.64 bits per heavy atom. The Morgan fingerprint density at radius 3 is 2.07 bits per heavy atom. The zero-order valence-corrected chi connectivity index (χ0v) is 8.41. The molecule has 1 rings (SSSR count). The van der Waals surface area contributed by atoms with E-state index in [4.69, 9.17) is 4.18 Å². The first-order valence-electron chi connectivity index (χ1n) is 4.01. The van der Waals surface area contributed by atoms with Crippen LogP contribution in [0.2, 0.25) is 0 Å². The normalized spacial score (nSPS) is 10.8. The van der Waals surface area contributed by atoms with Crippen molar-refractivity contribution in [1.29, 1.82) is 0 Å². The van der Waals surface area contributed by atoms with Gasteiger partial charge in [-0.2, -0.15) is 8.42 Å². The summed E-state index contributed by atoms with van der Waals surface area (Å²) in [6, 6.07) is 8.48. The number of benzene rings is 1. The fourth-order valence-corrected chi connectivity index (χ4v) is 1.28. The second-order valence-electron chi connectivity index (χ2n) is 2.94. The summed E-state index contributed by atoms with van der Waals surface area (Å²) in [5.74, 6) is 0.358. The molecule has 0 radical (unpaired) electrons. The summed E-state index contributed by atoms with van der Waals surface area (Å²) in [4.78, 5) is 0. The number of hydrogen-bond acceptors (Lipinski definition) is 3. The first-order valence-corrected chi connectivity index (χ1v) is 5.48. The summed E-state index contributed by atoms with van der Waals surface area (Å²) in [7, 11) is -3.45. The molecule has 0 atom stereocenters. The second-order valence-corrected chi connectivity index (χ2v) is 5.03. The van der Waals surface area contributed by atoms with E-state index < -0.39 is 15.4 Å². The molecule has 0 aliphatic heterocycles. The van der Waals surface area contributed by atoms with Crippen molar-refractivity contribution in [1.82, 2.24) is 0 Å². The van der Waals surface area contributed by atoms with Crippen molar-refractivity contribution in [3.63, 3.8) is 0 Å². The van der Waals surface area contributed by atoms with E-state index in [0.717, 1.165) is 0 Å². The van der Waals surface area contributed by atoms with Crippen LogP contribution in [0.4, 0.5) is 0 Å². The van der Waals surface area contributed by atoms with Crippen molar-refractivity contribution < 1.29 is 12.6 Å². The van der Waals surface area contributed by atoms with Crippen molar-refractivity contribution in [3.05, 3.63) is 30.3 Å². The van der Waals surface area contributed by atoms with Crippen LogP contribution in [0, 0.1) is 0 Å². The summed E-state index contributed by atoms with van der Waals surface area (Å²) in [6.45, 7) is 3.16. The van der Waals surface area contributed by atoms with Gasteiger partial charge < -0.3 is 4.18 Å². The van der Waals surface area contributed by atoms with Crippen LogP contribution >= 0.6 is 0 Å². The topological polar surface area (TPSA) is 43.4 Å². The molecule has 0 bridgehead atoms. The van der Waals surface area contributed by atoms with E-state index in [2.05, 4.69) is 0 Å². The van der Waals surface area contributed by atoms with Gasteiger partial charge >= 0.3 is 39.7 Å². The Hall–Kier alpha value is -0.0300. The molecule has 0 saturated heterocycles. The molecule has 1 aromatic carbocycles. The third kappa shape index (κ3) is 4.00. The molecule has 0 saturated carbocycles. The maximum absolute atomic E-state index is 11.3. The van der Waals surface area contributed by atoms with Crippen molar-refractivity contribution in [2.45, 2.75) is 19.1 Å². The van der Waals surface area contributed by atoms with Gasteiger partial charge in [0.15, 0.2) is 0 Å². The predicted molar refractivity (Wildman–Crippen MR) is 58.3 cm³/mol. The van der Waals surface area contributed by atoms with E-state index in [1.807, 2.05) is 0 Å². The third-order valence-electron chi connectivity index (χ3n) is 1.53. The molecule has 0 fully saturated rings. The molecule has 0 unspecified atom stereocenters. The first-order chi connectivity index (χ1) is 6.02. The average molecular weight is 224 g/mol. The minimum absolute atomic E-state index is 0. The molecule has 0 heterocycles. The maximum atomic E-state index is 11.3. The molecule has 0 aliphatic carbocycles. The van der Waals surface area contributed by atoms with Crippen LogP contribution in [0.3, 0.4) is 0 Å². The van der Waals surface area contributed by atoms with Gasteiger partial charge in [-0.3, -0.25) is 0 Å². The Kier molecular flexibility index (Phi) is 5.74. The van der Waals surface area contributed by atoms with Crippen LogP contribution in [0.25, 0.3) is 0 Å². The van der Waals surface area contributed by atoms with Crippen LogP contribution in [0.1, 0.15) is 13.8 Å². The summed E-state index contributed by atoms with van der Waals surface area (Å²) >= 11 is 0. The average Bonchev–Trinajstić information content (AvgIpc) is 2.05. The number of rotatable bonds is 3. The number of hydrogen-bond donors (Lipinski definition) is 0. The van der Waals surface area contributed by atoms with Crippen LogP contribution in [0.5, 0.6) is 5.75 Å². The van der Waals surface area contributed by atoms with E-state index in [1.165, 1.54) is 0 Å². The van der Waals surface area contributed by atoms with Gasteiger partial charge in [0.25, 0.3) is 0 Å². The van der Waals surface area contributed by atoms with Gasteiger partial charge in [0.1, 0.15) is 5.75 Å². The standard InChI is InChI=1S/C9H12O3S.Na.H/c1-8(2)13(10,11)12-9-6-4-3-5-7-9;;/h3-8H,1-2H3;;. The third-order valence-corrected chi connectivity index (χ3v) is 3.11. The fourth-order valence-electron chi connectivity index (χ4n) is 0.706. The van der Waals surface area contributed by atoms with Crippen LogP contribution in [-0.4, -0.2) is 43.2 Å². The van der Waals surface area contributed by atoms with Crippen molar-refractivity contribution in [3.8, 4) is 5.75 Å². The quantitative estimate of drug-likeness (QED) is 0.571. The first kappa shape index (κ1) is 14.0. The molecular formula is C9H13NaO3S. The second kappa shape index (κ2) is 5.75. The molecule has 14 heavy (non-hydrogen) atoms. The van der Waals surface area contributed by atoms with E-state index >= 15 is 0 Å². The summed E-state index contributed by atoms with van der Waals surface area (Å²) in [5, 5.41) is -0.521. The Bertz CT molecular complexity index is 359.